The van der Waals surface area contributed by atoms with Gasteiger partial charge in [0.1, 0.15) is 0 Å². The Morgan fingerprint density at radius 3 is 1.24 bits per heavy atom. The molecule has 512 valence electrons. The van der Waals surface area contributed by atoms with Crippen molar-refractivity contribution in [1.29, 1.82) is 0 Å². The molecule has 0 aromatic heterocycles. The predicted molar refractivity (Wildman–Crippen MR) is 376 cm³/mol. The summed E-state index contributed by atoms with van der Waals surface area (Å²) in [5.41, 5.74) is 6.29. The first-order valence-corrected chi connectivity index (χ1v) is 36.6. The number of hydrogen-bond donors (Lipinski definition) is 2. The van der Waals surface area contributed by atoms with Crippen LogP contribution in [0, 0.1) is 69.0 Å². The minimum atomic E-state index is -0.568. The third-order valence-corrected chi connectivity index (χ3v) is 24.1. The van der Waals surface area contributed by atoms with Crippen molar-refractivity contribution in [3.8, 4) is 0 Å². The molecule has 4 aromatic rings. The maximum atomic E-state index is 11.9. The number of benzene rings is 4. The lowest BCUT2D eigenvalue weighted by atomic mass is 9.65. The third-order valence-electron chi connectivity index (χ3n) is 24.1. The van der Waals surface area contributed by atoms with Crippen LogP contribution in [-0.4, -0.2) is 71.7 Å². The van der Waals surface area contributed by atoms with E-state index in [1.165, 1.54) is 77.0 Å². The van der Waals surface area contributed by atoms with Gasteiger partial charge in [0.2, 0.25) is 0 Å². The van der Waals surface area contributed by atoms with Gasteiger partial charge in [-0.05, 0) is 284 Å². The number of carbonyl (C=O) groups excluding carboxylic acids is 4. The maximum Gasteiger partial charge on any atom is 0.338 e. The molecule has 0 heterocycles. The number of fused-ring (bicyclic) bond motifs is 4. The van der Waals surface area contributed by atoms with E-state index in [0.29, 0.717) is 82.2 Å². The molecule has 12 rings (SSSR count). The second-order valence-electron chi connectivity index (χ2n) is 32.5. The second kappa shape index (κ2) is 32.9. The Balaban J connectivity index is 0.000000148. The van der Waals surface area contributed by atoms with E-state index in [4.69, 9.17) is 18.9 Å². The van der Waals surface area contributed by atoms with Gasteiger partial charge in [-0.3, -0.25) is 0 Å². The molecule has 10 unspecified atom stereocenters. The lowest BCUT2D eigenvalue weighted by Crippen LogP contribution is -2.41. The van der Waals surface area contributed by atoms with Gasteiger partial charge in [-0.15, -0.1) is 0 Å². The second-order valence-corrected chi connectivity index (χ2v) is 32.5. The molecule has 0 amide bonds. The van der Waals surface area contributed by atoms with Crippen molar-refractivity contribution in [2.24, 2.45) is 69.0 Å². The Morgan fingerprint density at radius 1 is 0.372 bits per heavy atom. The number of ether oxygens (including phenoxy) is 4. The number of allylic oxidation sites excluding steroid dienone is 4. The van der Waals surface area contributed by atoms with Crippen molar-refractivity contribution in [2.75, 3.05) is 26.4 Å². The zero-order valence-corrected chi connectivity index (χ0v) is 58.7. The molecule has 0 saturated heterocycles. The van der Waals surface area contributed by atoms with Crippen molar-refractivity contribution in [1.82, 2.24) is 0 Å². The number of rotatable bonds is 20. The molecule has 0 aliphatic heterocycles. The predicted octanol–water partition coefficient (Wildman–Crippen LogP) is 20.0. The smallest absolute Gasteiger partial charge is 0.338 e. The molecular formula is C84H116O10. The highest BCUT2D eigenvalue weighted by Gasteiger charge is 2.50. The molecule has 6 saturated carbocycles. The maximum absolute atomic E-state index is 11.9. The van der Waals surface area contributed by atoms with Crippen molar-refractivity contribution in [2.45, 2.75) is 234 Å². The number of esters is 4. The van der Waals surface area contributed by atoms with Crippen LogP contribution < -0.4 is 0 Å². The van der Waals surface area contributed by atoms with Crippen LogP contribution in [0.1, 0.15) is 264 Å². The van der Waals surface area contributed by atoms with Crippen molar-refractivity contribution >= 4 is 23.9 Å². The normalized spacial score (nSPS) is 28.6. The summed E-state index contributed by atoms with van der Waals surface area (Å²) in [5.74, 6) is 5.26. The molecule has 10 heteroatoms. The van der Waals surface area contributed by atoms with Crippen LogP contribution in [0.15, 0.2) is 145 Å². The average Bonchev–Trinajstić information content (AvgIpc) is 1.66. The van der Waals surface area contributed by atoms with Gasteiger partial charge in [0.05, 0.1) is 59.9 Å². The van der Waals surface area contributed by atoms with E-state index in [1.54, 1.807) is 59.7 Å². The summed E-state index contributed by atoms with van der Waals surface area (Å²) in [7, 11) is 0. The summed E-state index contributed by atoms with van der Waals surface area (Å²) in [4.78, 5) is 47.6. The Kier molecular flexibility index (Phi) is 25.4. The number of aliphatic hydroxyl groups is 2. The first-order valence-electron chi connectivity index (χ1n) is 36.6. The Hall–Kier alpha value is -5.84. The van der Waals surface area contributed by atoms with E-state index >= 15 is 0 Å². The fraction of sp³-hybridized carbons (Fsp3) is 0.619. The van der Waals surface area contributed by atoms with E-state index in [-0.39, 0.29) is 23.9 Å². The van der Waals surface area contributed by atoms with Gasteiger partial charge in [-0.2, -0.15) is 0 Å². The van der Waals surface area contributed by atoms with Crippen LogP contribution in [0.2, 0.25) is 0 Å². The lowest BCUT2D eigenvalue weighted by Gasteiger charge is -2.43. The highest BCUT2D eigenvalue weighted by Crippen LogP contribution is 2.58. The molecule has 0 radical (unpaired) electrons. The summed E-state index contributed by atoms with van der Waals surface area (Å²) in [6.07, 6.45) is 33.7. The monoisotopic (exact) mass is 1280 g/mol. The summed E-state index contributed by atoms with van der Waals surface area (Å²) >= 11 is 0. The van der Waals surface area contributed by atoms with Gasteiger partial charge in [-0.25, -0.2) is 19.2 Å². The molecular weight excluding hydrogens is 1170 g/mol. The molecule has 4 aromatic carbocycles. The van der Waals surface area contributed by atoms with Crippen LogP contribution >= 0.6 is 0 Å². The van der Waals surface area contributed by atoms with Crippen molar-refractivity contribution < 1.29 is 48.3 Å². The highest BCUT2D eigenvalue weighted by molar-refractivity contribution is 5.90. The van der Waals surface area contributed by atoms with Gasteiger partial charge < -0.3 is 29.2 Å². The molecule has 8 aliphatic rings. The average molecular weight is 1290 g/mol. The van der Waals surface area contributed by atoms with E-state index in [9.17, 15) is 29.4 Å². The van der Waals surface area contributed by atoms with Crippen molar-refractivity contribution in [3.05, 3.63) is 167 Å². The van der Waals surface area contributed by atoms with Crippen LogP contribution in [0.4, 0.5) is 0 Å². The Morgan fingerprint density at radius 2 is 0.745 bits per heavy atom. The van der Waals surface area contributed by atoms with E-state index in [1.807, 2.05) is 72.8 Å². The van der Waals surface area contributed by atoms with Gasteiger partial charge in [0.15, 0.2) is 0 Å². The molecule has 0 spiro atoms. The molecule has 2 N–H and O–H groups in total. The summed E-state index contributed by atoms with van der Waals surface area (Å²) in [6.45, 7) is 21.0. The number of carbonyl (C=O) groups is 4. The van der Waals surface area contributed by atoms with E-state index < -0.39 is 11.2 Å². The molecule has 10 nitrogen and oxygen atoms in total. The molecule has 6 fully saturated rings. The summed E-state index contributed by atoms with van der Waals surface area (Å²) in [5, 5.41) is 21.9. The standard InChI is InChI=1S/2C21H30O3.2C21H28O2/c1-20(2)12-9-16-10-13-21(23,15-18(16)20)11-6-14-24-19(22)17-7-4-3-5-8-17;1-20(2)12-9-17-15-21(23,13-10-18(17)20)11-6-14-24-19(22)16-7-4-3-5-8-16;1-21(2)13-12-17-11-10-16(15-19(17)21)7-6-14-23-20(22)18-8-4-3-5-9-18;1-21(2)13-12-18-15-16(10-11-19(18)21)7-6-14-23-20(22)17-8-4-3-5-9-17/h3-5,7-8,16,18,23H,6,9-15H2,1-2H3;3-5,7-8,17-18,23H,6,9-15H2,1-2H3;3-5,8-9,15,17,19H,6-7,10-14H2,1-2H3;3-5,8-9,15,18-19H,6-7,10-14H2,1-2H3. The van der Waals surface area contributed by atoms with E-state index in [0.717, 1.165) is 125 Å². The largest absolute Gasteiger partial charge is 0.462 e. The Bertz CT molecular complexity index is 3110. The fourth-order valence-electron chi connectivity index (χ4n) is 18.3. The molecule has 10 atom stereocenters. The van der Waals surface area contributed by atoms with Crippen LogP contribution in [0.3, 0.4) is 0 Å². The first kappa shape index (κ1) is 72.4. The zero-order valence-electron chi connectivity index (χ0n) is 58.7. The topological polar surface area (TPSA) is 146 Å². The van der Waals surface area contributed by atoms with Crippen molar-refractivity contribution in [3.63, 3.8) is 0 Å². The minimum Gasteiger partial charge on any atom is -0.462 e. The highest BCUT2D eigenvalue weighted by atomic mass is 16.5. The third kappa shape index (κ3) is 20.1. The summed E-state index contributed by atoms with van der Waals surface area (Å²) in [6, 6.07) is 36.6. The fourth-order valence-corrected chi connectivity index (χ4v) is 18.3. The molecule has 0 bridgehead atoms. The molecule has 94 heavy (non-hydrogen) atoms. The minimum absolute atomic E-state index is 0.208. The van der Waals surface area contributed by atoms with E-state index in [2.05, 4.69) is 67.5 Å². The van der Waals surface area contributed by atoms with Gasteiger partial charge in [0.25, 0.3) is 0 Å². The Labute approximate surface area is 565 Å². The summed E-state index contributed by atoms with van der Waals surface area (Å²) < 4.78 is 21.4. The first-order chi connectivity index (χ1) is 44.9. The van der Waals surface area contributed by atoms with Gasteiger partial charge in [-0.1, -0.05) is 151 Å². The zero-order chi connectivity index (χ0) is 67.0. The van der Waals surface area contributed by atoms with Crippen LogP contribution in [0.5, 0.6) is 0 Å². The molecule has 8 aliphatic carbocycles. The van der Waals surface area contributed by atoms with Gasteiger partial charge >= 0.3 is 23.9 Å². The van der Waals surface area contributed by atoms with Gasteiger partial charge in [0, 0.05) is 0 Å². The lowest BCUT2D eigenvalue weighted by molar-refractivity contribution is -0.0564. The number of hydrogen-bond acceptors (Lipinski definition) is 10. The quantitative estimate of drug-likeness (QED) is 0.0380. The van der Waals surface area contributed by atoms with Crippen LogP contribution in [0.25, 0.3) is 0 Å². The van der Waals surface area contributed by atoms with Crippen LogP contribution in [-0.2, 0) is 18.9 Å². The SMILES string of the molecule is CC1(C)CCC2C=C(CCCOC(=O)c3ccccc3)CCC21.CC1(C)CCC2CC(O)(CCCOC(=O)c3ccccc3)CCC21.CC1(C)CCC2CCC(CCCOC(=O)c3ccccc3)=CC21.CC1(C)CCC2CCC(O)(CCCOC(=O)c3ccccc3)CC21.